The number of para-hydroxylation sites is 1. The molecule has 4 nitrogen and oxygen atoms in total. The van der Waals surface area contributed by atoms with Crippen LogP contribution in [-0.2, 0) is 42.7 Å². The fourth-order valence-electron chi connectivity index (χ4n) is 8.29. The predicted octanol–water partition coefficient (Wildman–Crippen LogP) is 17.0. The van der Waals surface area contributed by atoms with Gasteiger partial charge >= 0.3 is 0 Å². The number of rotatable bonds is 9. The van der Waals surface area contributed by atoms with E-state index in [4.69, 9.17) is 36.0 Å². The summed E-state index contributed by atoms with van der Waals surface area (Å²) in [4.78, 5) is 10.0. The monoisotopic (exact) mass is 1080 g/mol. The second-order valence-corrected chi connectivity index (χ2v) is 19.2. The summed E-state index contributed by atoms with van der Waals surface area (Å²) < 4.78 is 169. The zero-order chi connectivity index (χ0) is 63.4. The van der Waals surface area contributed by atoms with Gasteiger partial charge in [-0.3, -0.25) is 9.55 Å². The number of imidazole rings is 1. The summed E-state index contributed by atoms with van der Waals surface area (Å²) in [5, 5.41) is 13.1. The van der Waals surface area contributed by atoms with Crippen molar-refractivity contribution in [1.82, 2.24) is 14.5 Å². The maximum Gasteiger partial charge on any atom is 0.148 e. The third-order valence-electron chi connectivity index (χ3n) is 12.7. The maximum atomic E-state index is 13.1. The third-order valence-corrected chi connectivity index (χ3v) is 12.7. The van der Waals surface area contributed by atoms with Crippen molar-refractivity contribution in [3.05, 3.63) is 167 Å². The van der Waals surface area contributed by atoms with Gasteiger partial charge in [-0.2, -0.15) is 0 Å². The molecule has 0 aliphatic rings. The van der Waals surface area contributed by atoms with Crippen molar-refractivity contribution in [3.8, 4) is 67.5 Å². The number of aromatic nitrogens is 3. The molecule has 2 heterocycles. The Hall–Kier alpha value is -5.57. The van der Waals surface area contributed by atoms with Crippen LogP contribution in [0.25, 0.3) is 72.7 Å². The SMILES string of the molecule is [2H]C(C)(C)c1ccc(-c2ccnc(-c3[c-]c(-c4cccc5c4nc(-c4cc(C(C([2H])([2H])[2H])(C([2H])([2H])[2H])C([2H])([2H])[2H])cc(C(C([2H])([2H])[2H])(C([2H])([2H])[2H])C([2H])([2H])[2H])c4O)n5-c4ccc(C(C)(C)CC)cc4-c4ccccc4)cc(C(C)(C)C)c3)c2)cc1.[Pt]. The molecule has 0 unspecified atom stereocenters. The van der Waals surface area contributed by atoms with E-state index in [0.29, 0.717) is 51.7 Å². The van der Waals surface area contributed by atoms with Gasteiger partial charge in [-0.05, 0) is 97.7 Å². The second kappa shape index (κ2) is 18.5. The number of benzene rings is 6. The molecule has 348 valence electrons. The summed E-state index contributed by atoms with van der Waals surface area (Å²) in [7, 11) is 0. The Balaban J connectivity index is 0.0000106. The van der Waals surface area contributed by atoms with E-state index < -0.39 is 96.9 Å². The molecule has 0 amide bonds. The average Bonchev–Trinajstić information content (AvgIpc) is 0.817. The Kier molecular flexibility index (Phi) is 8.29. The van der Waals surface area contributed by atoms with Crippen LogP contribution in [0.3, 0.4) is 0 Å². The smallest absolute Gasteiger partial charge is 0.148 e. The van der Waals surface area contributed by atoms with Crippen LogP contribution >= 0.6 is 0 Å². The molecule has 0 aliphatic carbocycles. The first kappa shape index (κ1) is 30.0. The van der Waals surface area contributed by atoms with Gasteiger partial charge in [0.1, 0.15) is 11.6 Å². The molecule has 0 spiro atoms. The molecular formula is C62H68N3OPt-. The summed E-state index contributed by atoms with van der Waals surface area (Å²) in [6.07, 6.45) is 2.39. The normalized spacial score (nSPS) is 17.9. The summed E-state index contributed by atoms with van der Waals surface area (Å²) >= 11 is 0. The van der Waals surface area contributed by atoms with E-state index in [9.17, 15) is 5.11 Å². The first-order valence-electron chi connectivity index (χ1n) is 31.6. The number of hydrogen-bond donors (Lipinski definition) is 1. The van der Waals surface area contributed by atoms with Gasteiger partial charge in [0, 0.05) is 70.1 Å². The Morgan fingerprint density at radius 1 is 0.642 bits per heavy atom. The van der Waals surface area contributed by atoms with Crippen molar-refractivity contribution in [1.29, 1.82) is 0 Å². The van der Waals surface area contributed by atoms with Crippen molar-refractivity contribution in [2.24, 2.45) is 0 Å². The summed E-state index contributed by atoms with van der Waals surface area (Å²) in [6, 6.07) is 39.9. The van der Waals surface area contributed by atoms with Gasteiger partial charge in [0.2, 0.25) is 0 Å². The van der Waals surface area contributed by atoms with Crippen molar-refractivity contribution < 1.29 is 52.2 Å². The number of fused-ring (bicyclic) bond motifs is 1. The van der Waals surface area contributed by atoms with Crippen LogP contribution in [0, 0.1) is 6.07 Å². The topological polar surface area (TPSA) is 50.9 Å². The minimum absolute atomic E-state index is 0. The molecule has 8 aromatic rings. The number of phenolic OH excluding ortho intramolecular Hbond substituents is 1. The van der Waals surface area contributed by atoms with Gasteiger partial charge < -0.3 is 5.11 Å². The summed E-state index contributed by atoms with van der Waals surface area (Å²) in [6.45, 7) is -8.73. The third kappa shape index (κ3) is 9.89. The minimum Gasteiger partial charge on any atom is -0.507 e. The number of pyridine rings is 1. The van der Waals surface area contributed by atoms with Crippen molar-refractivity contribution in [2.45, 2.75) is 130 Å². The molecular weight excluding hydrogens is 998 g/mol. The van der Waals surface area contributed by atoms with Crippen molar-refractivity contribution >= 4 is 11.0 Å². The molecule has 0 atom stereocenters. The van der Waals surface area contributed by atoms with Gasteiger partial charge in [0.05, 0.1) is 22.3 Å². The van der Waals surface area contributed by atoms with Crippen molar-refractivity contribution in [3.63, 3.8) is 0 Å². The van der Waals surface area contributed by atoms with Gasteiger partial charge in [-0.1, -0.05) is 193 Å². The zero-order valence-electron chi connectivity index (χ0n) is 58.0. The molecule has 0 bridgehead atoms. The zero-order valence-corrected chi connectivity index (χ0v) is 41.3. The minimum atomic E-state index is -4.15. The Morgan fingerprint density at radius 2 is 1.31 bits per heavy atom. The Labute approximate surface area is 441 Å². The van der Waals surface area contributed by atoms with E-state index in [2.05, 4.69) is 19.9 Å². The summed E-state index contributed by atoms with van der Waals surface area (Å²) in [5.41, 5.74) is -4.36. The number of hydrogen-bond acceptors (Lipinski definition) is 3. The van der Waals surface area contributed by atoms with E-state index in [-0.39, 0.29) is 32.1 Å². The van der Waals surface area contributed by atoms with E-state index in [1.807, 2.05) is 133 Å². The fourth-order valence-corrected chi connectivity index (χ4v) is 8.29. The van der Waals surface area contributed by atoms with Crippen molar-refractivity contribution in [2.75, 3.05) is 0 Å². The molecule has 1 N–H and O–H groups in total. The van der Waals surface area contributed by atoms with Crippen LogP contribution in [0.4, 0.5) is 0 Å². The van der Waals surface area contributed by atoms with Crippen LogP contribution in [0.5, 0.6) is 5.75 Å². The first-order valence-corrected chi connectivity index (χ1v) is 22.1. The second-order valence-electron chi connectivity index (χ2n) is 19.2. The van der Waals surface area contributed by atoms with Gasteiger partial charge in [0.15, 0.2) is 0 Å². The Morgan fingerprint density at radius 3 is 1.97 bits per heavy atom. The number of phenols is 1. The molecule has 0 fully saturated rings. The number of nitrogens with zero attached hydrogens (tertiary/aromatic N) is 3. The average molecular weight is 1090 g/mol. The van der Waals surface area contributed by atoms with Crippen LogP contribution in [0.1, 0.15) is 163 Å². The van der Waals surface area contributed by atoms with E-state index in [1.54, 1.807) is 30.5 Å². The van der Waals surface area contributed by atoms with E-state index in [1.165, 1.54) is 4.57 Å². The van der Waals surface area contributed by atoms with Gasteiger partial charge in [-0.15, -0.1) is 29.3 Å². The van der Waals surface area contributed by atoms with E-state index in [0.717, 1.165) is 33.9 Å². The Bertz CT molecular complexity index is 3730. The first-order chi connectivity index (χ1) is 38.8. The van der Waals surface area contributed by atoms with Gasteiger partial charge in [-0.25, -0.2) is 4.98 Å². The van der Waals surface area contributed by atoms with Crippen LogP contribution in [0.15, 0.2) is 134 Å². The molecule has 67 heavy (non-hydrogen) atoms. The predicted molar refractivity (Wildman–Crippen MR) is 280 cm³/mol. The number of aromatic hydroxyl groups is 1. The molecule has 0 radical (unpaired) electrons. The molecule has 5 heteroatoms. The standard InChI is InChI=1S/C62H68N3O.Pt/c1-15-62(13,14)46-28-29-54(50(36-46)42-20-17-16-18-21-42)65-55-23-19-22-49(56(55)64-58(65)51-37-48(60(7,8)9)38-52(57(51)66)61(10,11)12)44-32-45(34-47(33-44)59(4,5)6)53-35-43(30-31-63-53)41-26-24-40(25-27-41)39(2)3;/h16-31,33-39,66H,15H2,1-14H3;/q-1;/i7D3,8D3,9D3,10D3,11D3,12D3,39D;. The van der Waals surface area contributed by atoms with Gasteiger partial charge in [0.25, 0.3) is 0 Å². The van der Waals surface area contributed by atoms with Crippen LogP contribution in [-0.4, -0.2) is 19.6 Å². The van der Waals surface area contributed by atoms with Crippen LogP contribution in [0.2, 0.25) is 0 Å². The molecule has 0 saturated carbocycles. The van der Waals surface area contributed by atoms with E-state index >= 15 is 0 Å². The quantitative estimate of drug-likeness (QED) is 0.147. The molecule has 0 aliphatic heterocycles. The molecule has 8 rings (SSSR count). The fraction of sp³-hybridized carbons (Fsp3) is 0.323. The molecule has 0 saturated heterocycles. The largest absolute Gasteiger partial charge is 0.507 e. The summed E-state index contributed by atoms with van der Waals surface area (Å²) in [5.74, 6) is -2.60. The molecule has 2 aromatic heterocycles. The molecule has 6 aromatic carbocycles. The van der Waals surface area contributed by atoms with Crippen LogP contribution < -0.4 is 0 Å². The maximum absolute atomic E-state index is 13.1.